The molecule has 5 atom stereocenters. The smallest absolute Gasteiger partial charge is 0.347 e. The van der Waals surface area contributed by atoms with Gasteiger partial charge in [0, 0.05) is 34.6 Å². The summed E-state index contributed by atoms with van der Waals surface area (Å²) in [6.45, 7) is 0.850. The average molecular weight is 421 g/mol. The molecule has 2 heterocycles. The van der Waals surface area contributed by atoms with E-state index in [0.29, 0.717) is 12.2 Å². The monoisotopic (exact) mass is 421 g/mol. The molecule has 4 aliphatic rings. The number of carbonyl (C=O) groups excluding carboxylic acids is 1. The van der Waals surface area contributed by atoms with Crippen LogP contribution < -0.4 is 9.47 Å². The van der Waals surface area contributed by atoms with E-state index in [1.54, 1.807) is 18.2 Å². The van der Waals surface area contributed by atoms with E-state index in [1.165, 1.54) is 18.2 Å². The summed E-state index contributed by atoms with van der Waals surface area (Å²) in [6.07, 6.45) is 4.03. The van der Waals surface area contributed by atoms with Crippen molar-refractivity contribution in [2.24, 2.45) is 5.92 Å². The van der Waals surface area contributed by atoms with Crippen molar-refractivity contribution in [3.05, 3.63) is 59.2 Å². The number of ether oxygens (including phenoxy) is 2. The fourth-order valence-electron chi connectivity index (χ4n) is 6.18. The van der Waals surface area contributed by atoms with Crippen LogP contribution in [0.25, 0.3) is 0 Å². The van der Waals surface area contributed by atoms with Crippen molar-refractivity contribution < 1.29 is 29.6 Å². The highest BCUT2D eigenvalue weighted by Gasteiger charge is 2.64. The number of phenolic OH excluding ortho intramolecular Hbond substituents is 2. The van der Waals surface area contributed by atoms with Crippen LogP contribution in [0.2, 0.25) is 0 Å². The summed E-state index contributed by atoms with van der Waals surface area (Å²) in [5, 5.41) is 31.5. The van der Waals surface area contributed by atoms with E-state index >= 15 is 0 Å². The van der Waals surface area contributed by atoms with E-state index in [9.17, 15) is 20.1 Å². The third-order valence-corrected chi connectivity index (χ3v) is 7.56. The number of carbonyl (C=O) groups is 1. The van der Waals surface area contributed by atoms with Gasteiger partial charge in [-0.05, 0) is 38.6 Å². The number of rotatable bonds is 2. The lowest BCUT2D eigenvalue weighted by Gasteiger charge is -2.56. The molecule has 3 N–H and O–H groups in total. The number of esters is 1. The number of phenols is 2. The second-order valence-corrected chi connectivity index (χ2v) is 8.97. The summed E-state index contributed by atoms with van der Waals surface area (Å²) in [4.78, 5) is 15.1. The summed E-state index contributed by atoms with van der Waals surface area (Å²) in [7, 11) is 2.08. The topological polar surface area (TPSA) is 99.5 Å². The number of benzene rings is 2. The molecule has 31 heavy (non-hydrogen) atoms. The molecule has 2 aromatic carbocycles. The van der Waals surface area contributed by atoms with Crippen LogP contribution in [-0.4, -0.2) is 58.0 Å². The SMILES string of the molecule is CN1CC[C@]23c4c5c(OC(=O)c6ccccc6O)cc(O)c4O[C@H]2[C@@H](O)C=C[C@H]3[C@H]1C5. The molecular formula is C24H23NO6. The first-order valence-electron chi connectivity index (χ1n) is 10.5. The molecule has 0 saturated carbocycles. The first-order valence-corrected chi connectivity index (χ1v) is 10.5. The van der Waals surface area contributed by atoms with Crippen molar-refractivity contribution in [2.75, 3.05) is 13.6 Å². The Labute approximate surface area is 179 Å². The van der Waals surface area contributed by atoms with Gasteiger partial charge < -0.3 is 29.7 Å². The molecular weight excluding hydrogens is 398 g/mol. The van der Waals surface area contributed by atoms with Crippen molar-refractivity contribution in [3.8, 4) is 23.0 Å². The Bertz CT molecular complexity index is 1140. The lowest BCUT2D eigenvalue weighted by molar-refractivity contribution is -0.0455. The van der Waals surface area contributed by atoms with Crippen LogP contribution in [0.1, 0.15) is 27.9 Å². The number of likely N-dealkylation sites (tertiary alicyclic amines) is 1. The minimum atomic E-state index is -0.773. The largest absolute Gasteiger partial charge is 0.507 e. The molecule has 0 aromatic heterocycles. The van der Waals surface area contributed by atoms with Crippen LogP contribution >= 0.6 is 0 Å². The van der Waals surface area contributed by atoms with E-state index in [1.807, 2.05) is 0 Å². The van der Waals surface area contributed by atoms with Crippen molar-refractivity contribution >= 4 is 5.97 Å². The molecule has 0 radical (unpaired) electrons. The fourth-order valence-corrected chi connectivity index (χ4v) is 6.18. The minimum Gasteiger partial charge on any atom is -0.507 e. The Hall–Kier alpha value is -3.03. The predicted octanol–water partition coefficient (Wildman–Crippen LogP) is 2.12. The number of nitrogens with zero attached hydrogens (tertiary/aromatic N) is 1. The molecule has 160 valence electrons. The number of hydrogen-bond donors (Lipinski definition) is 3. The third-order valence-electron chi connectivity index (χ3n) is 7.56. The van der Waals surface area contributed by atoms with Gasteiger partial charge >= 0.3 is 5.97 Å². The van der Waals surface area contributed by atoms with Gasteiger partial charge in [-0.15, -0.1) is 0 Å². The number of aromatic hydroxyl groups is 2. The second kappa shape index (κ2) is 6.24. The van der Waals surface area contributed by atoms with Crippen LogP contribution in [-0.2, 0) is 11.8 Å². The molecule has 7 heteroatoms. The molecule has 7 nitrogen and oxygen atoms in total. The molecule has 1 fully saturated rings. The van der Waals surface area contributed by atoms with Crippen LogP contribution in [0.3, 0.4) is 0 Å². The maximum absolute atomic E-state index is 12.8. The highest BCUT2D eigenvalue weighted by atomic mass is 16.5. The van der Waals surface area contributed by atoms with Crippen molar-refractivity contribution in [2.45, 2.75) is 36.5 Å². The number of likely N-dealkylation sites (N-methyl/N-ethyl adjacent to an activating group) is 1. The molecule has 2 aliphatic heterocycles. The van der Waals surface area contributed by atoms with E-state index in [-0.39, 0.29) is 34.8 Å². The highest BCUT2D eigenvalue weighted by Crippen LogP contribution is 2.63. The molecule has 0 unspecified atom stereocenters. The zero-order chi connectivity index (χ0) is 21.5. The number of aliphatic hydroxyl groups excluding tert-OH is 1. The molecule has 1 spiro atoms. The lowest BCUT2D eigenvalue weighted by Crippen LogP contribution is -2.64. The highest BCUT2D eigenvalue weighted by molar-refractivity contribution is 5.94. The van der Waals surface area contributed by atoms with Crippen molar-refractivity contribution in [3.63, 3.8) is 0 Å². The average Bonchev–Trinajstić information content (AvgIpc) is 3.10. The zero-order valence-electron chi connectivity index (χ0n) is 17.0. The van der Waals surface area contributed by atoms with Gasteiger partial charge in [-0.1, -0.05) is 24.3 Å². The molecule has 6 rings (SSSR count). The first-order chi connectivity index (χ1) is 14.9. The normalized spacial score (nSPS) is 32.3. The predicted molar refractivity (Wildman–Crippen MR) is 111 cm³/mol. The summed E-state index contributed by atoms with van der Waals surface area (Å²) >= 11 is 0. The van der Waals surface area contributed by atoms with Crippen LogP contribution in [0, 0.1) is 5.92 Å². The second-order valence-electron chi connectivity index (χ2n) is 8.97. The van der Waals surface area contributed by atoms with Gasteiger partial charge in [0.1, 0.15) is 29.3 Å². The zero-order valence-corrected chi connectivity index (χ0v) is 17.0. The van der Waals surface area contributed by atoms with E-state index < -0.39 is 23.6 Å². The van der Waals surface area contributed by atoms with E-state index in [0.717, 1.165) is 24.1 Å². The standard InChI is InChI=1S/C24H23NO6/c1-25-9-8-24-14-6-7-17(27)22(24)31-21-18(28)11-19(13(20(21)24)10-15(14)25)30-23(29)12-4-2-3-5-16(12)26/h2-7,11,14-15,17,22,26-28H,8-10H2,1H3/t14-,15+,17-,22-,24-/m0/s1. The molecule has 2 bridgehead atoms. The first kappa shape index (κ1) is 18.7. The van der Waals surface area contributed by atoms with E-state index in [2.05, 4.69) is 18.0 Å². The lowest BCUT2D eigenvalue weighted by atomic mass is 9.53. The maximum atomic E-state index is 12.8. The summed E-state index contributed by atoms with van der Waals surface area (Å²) < 4.78 is 11.9. The Morgan fingerprint density at radius 1 is 1.23 bits per heavy atom. The summed E-state index contributed by atoms with van der Waals surface area (Å²) in [5.74, 6) is -0.159. The number of para-hydroxylation sites is 1. The van der Waals surface area contributed by atoms with Gasteiger partial charge in [0.05, 0.1) is 0 Å². The fraction of sp³-hybridized carbons (Fsp3) is 0.375. The summed E-state index contributed by atoms with van der Waals surface area (Å²) in [6, 6.07) is 7.78. The van der Waals surface area contributed by atoms with Gasteiger partial charge in [-0.25, -0.2) is 4.79 Å². The quantitative estimate of drug-likeness (QED) is 0.388. The Balaban J connectivity index is 1.52. The number of piperidine rings is 1. The number of hydrogen-bond acceptors (Lipinski definition) is 7. The minimum absolute atomic E-state index is 0.0593. The van der Waals surface area contributed by atoms with E-state index in [4.69, 9.17) is 9.47 Å². The van der Waals surface area contributed by atoms with Gasteiger partial charge in [-0.2, -0.15) is 0 Å². The van der Waals surface area contributed by atoms with Crippen molar-refractivity contribution in [1.82, 2.24) is 4.90 Å². The van der Waals surface area contributed by atoms with Gasteiger partial charge in [0.15, 0.2) is 11.5 Å². The van der Waals surface area contributed by atoms with Gasteiger partial charge in [0.2, 0.25) is 0 Å². The van der Waals surface area contributed by atoms with Crippen LogP contribution in [0.15, 0.2) is 42.5 Å². The van der Waals surface area contributed by atoms with Crippen LogP contribution in [0.5, 0.6) is 23.0 Å². The van der Waals surface area contributed by atoms with Gasteiger partial charge in [-0.3, -0.25) is 0 Å². The Morgan fingerprint density at radius 2 is 2.03 bits per heavy atom. The molecule has 2 aliphatic carbocycles. The third kappa shape index (κ3) is 2.33. The van der Waals surface area contributed by atoms with Crippen LogP contribution in [0.4, 0.5) is 0 Å². The molecule has 1 saturated heterocycles. The Kier molecular flexibility index (Phi) is 3.77. The Morgan fingerprint density at radius 3 is 2.84 bits per heavy atom. The molecule has 2 aromatic rings. The van der Waals surface area contributed by atoms with Crippen molar-refractivity contribution in [1.29, 1.82) is 0 Å². The maximum Gasteiger partial charge on any atom is 0.347 e. The van der Waals surface area contributed by atoms with Gasteiger partial charge in [0.25, 0.3) is 0 Å². The molecule has 0 amide bonds. The summed E-state index contributed by atoms with van der Waals surface area (Å²) in [5.41, 5.74) is 1.27. The number of aliphatic hydroxyl groups is 1.